The Kier molecular flexibility index (Phi) is 4.18. The van der Waals surface area contributed by atoms with E-state index in [0.29, 0.717) is 0 Å². The fourth-order valence-corrected chi connectivity index (χ4v) is 2.46. The van der Waals surface area contributed by atoms with Crippen LogP contribution in [0.2, 0.25) is 0 Å². The Labute approximate surface area is 104 Å². The lowest BCUT2D eigenvalue weighted by atomic mass is 9.95. The van der Waals surface area contributed by atoms with Crippen LogP contribution in [-0.4, -0.2) is 11.5 Å². The first kappa shape index (κ1) is 12.2. The van der Waals surface area contributed by atoms with E-state index in [1.165, 1.54) is 36.0 Å². The number of hydrogen-bond donors (Lipinski definition) is 1. The second-order valence-corrected chi connectivity index (χ2v) is 4.60. The van der Waals surface area contributed by atoms with Gasteiger partial charge < -0.3 is 5.32 Å². The van der Waals surface area contributed by atoms with Crippen molar-refractivity contribution in [3.05, 3.63) is 29.5 Å². The monoisotopic (exact) mass is 230 g/mol. The van der Waals surface area contributed by atoms with Crippen LogP contribution < -0.4 is 5.32 Å². The highest BCUT2D eigenvalue weighted by atomic mass is 15.0. The van der Waals surface area contributed by atoms with Gasteiger partial charge in [0.1, 0.15) is 5.82 Å². The lowest BCUT2D eigenvalue weighted by Gasteiger charge is -2.11. The lowest BCUT2D eigenvalue weighted by molar-refractivity contribution is 0.821. The van der Waals surface area contributed by atoms with E-state index in [1.807, 2.05) is 6.20 Å². The van der Waals surface area contributed by atoms with E-state index >= 15 is 0 Å². The van der Waals surface area contributed by atoms with Gasteiger partial charge in [0.2, 0.25) is 0 Å². The van der Waals surface area contributed by atoms with Gasteiger partial charge in [0, 0.05) is 18.3 Å². The topological polar surface area (TPSA) is 24.9 Å². The Morgan fingerprint density at radius 1 is 1.47 bits per heavy atom. The molecule has 0 aromatic carbocycles. The molecule has 1 N–H and O–H groups in total. The maximum atomic E-state index is 4.40. The van der Waals surface area contributed by atoms with Crippen LogP contribution in [0.15, 0.2) is 18.3 Å². The zero-order valence-electron chi connectivity index (χ0n) is 10.9. The number of hydrogen-bond acceptors (Lipinski definition) is 2. The molecule has 1 aromatic rings. The lowest BCUT2D eigenvalue weighted by Crippen LogP contribution is -1.94. The van der Waals surface area contributed by atoms with Crippen LogP contribution in [0.5, 0.6) is 0 Å². The number of unbranched alkanes of at least 4 members (excludes halogenated alkanes) is 1. The van der Waals surface area contributed by atoms with Crippen LogP contribution in [0.1, 0.15) is 50.7 Å². The van der Waals surface area contributed by atoms with Crippen LogP contribution in [0.4, 0.5) is 5.82 Å². The summed E-state index contributed by atoms with van der Waals surface area (Å²) in [4.78, 5) is 4.40. The Hall–Kier alpha value is -1.31. The van der Waals surface area contributed by atoms with Gasteiger partial charge in [0.15, 0.2) is 0 Å². The van der Waals surface area contributed by atoms with Gasteiger partial charge in [-0.05, 0) is 42.9 Å². The van der Waals surface area contributed by atoms with Gasteiger partial charge in [-0.25, -0.2) is 4.98 Å². The highest BCUT2D eigenvalue weighted by Gasteiger charge is 2.16. The Morgan fingerprint density at radius 2 is 2.35 bits per heavy atom. The summed E-state index contributed by atoms with van der Waals surface area (Å²) in [5.74, 6) is 1.10. The minimum atomic E-state index is 1.03. The van der Waals surface area contributed by atoms with Gasteiger partial charge in [-0.1, -0.05) is 26.3 Å². The van der Waals surface area contributed by atoms with E-state index in [9.17, 15) is 0 Å². The summed E-state index contributed by atoms with van der Waals surface area (Å²) >= 11 is 0. The van der Waals surface area contributed by atoms with Crippen LogP contribution in [0.25, 0.3) is 5.57 Å². The third kappa shape index (κ3) is 2.68. The first-order valence-corrected chi connectivity index (χ1v) is 6.78. The van der Waals surface area contributed by atoms with E-state index in [2.05, 4.69) is 36.3 Å². The minimum absolute atomic E-state index is 1.03. The van der Waals surface area contributed by atoms with Gasteiger partial charge in [-0.2, -0.15) is 0 Å². The number of nitrogens with one attached hydrogen (secondary N) is 1. The molecule has 2 nitrogen and oxygen atoms in total. The predicted octanol–water partition coefficient (Wildman–Crippen LogP) is 4.03. The molecular weight excluding hydrogens is 208 g/mol. The van der Waals surface area contributed by atoms with Gasteiger partial charge in [0.25, 0.3) is 0 Å². The minimum Gasteiger partial charge on any atom is -0.369 e. The number of rotatable bonds is 5. The summed E-state index contributed by atoms with van der Waals surface area (Å²) < 4.78 is 0. The summed E-state index contributed by atoms with van der Waals surface area (Å²) in [7, 11) is 0. The van der Waals surface area contributed by atoms with Gasteiger partial charge in [-0.15, -0.1) is 0 Å². The van der Waals surface area contributed by atoms with E-state index < -0.39 is 0 Å². The number of nitrogens with zero attached hydrogens (tertiary/aromatic N) is 1. The average molecular weight is 230 g/mol. The second kappa shape index (κ2) is 5.85. The Morgan fingerprint density at radius 3 is 3.12 bits per heavy atom. The molecule has 0 fully saturated rings. The zero-order chi connectivity index (χ0) is 12.1. The van der Waals surface area contributed by atoms with Crippen molar-refractivity contribution in [2.75, 3.05) is 11.9 Å². The molecule has 0 radical (unpaired) electrons. The van der Waals surface area contributed by atoms with E-state index in [0.717, 1.165) is 25.2 Å². The molecule has 2 heteroatoms. The molecule has 0 unspecified atom stereocenters. The maximum absolute atomic E-state index is 4.40. The quantitative estimate of drug-likeness (QED) is 0.826. The molecule has 0 atom stereocenters. The second-order valence-electron chi connectivity index (χ2n) is 4.60. The Balaban J connectivity index is 2.30. The van der Waals surface area contributed by atoms with Crippen molar-refractivity contribution in [2.24, 2.45) is 0 Å². The number of anilines is 1. The molecule has 1 aromatic heterocycles. The molecule has 2 rings (SSSR count). The van der Waals surface area contributed by atoms with Crippen molar-refractivity contribution in [3.63, 3.8) is 0 Å². The van der Waals surface area contributed by atoms with E-state index in [-0.39, 0.29) is 0 Å². The average Bonchev–Trinajstić information content (AvgIpc) is 2.82. The van der Waals surface area contributed by atoms with Crippen molar-refractivity contribution in [1.29, 1.82) is 0 Å². The Bertz CT molecular complexity index is 407. The highest BCUT2D eigenvalue weighted by Crippen LogP contribution is 2.31. The van der Waals surface area contributed by atoms with Crippen molar-refractivity contribution in [2.45, 2.75) is 46.0 Å². The highest BCUT2D eigenvalue weighted by molar-refractivity contribution is 5.73. The van der Waals surface area contributed by atoms with Crippen molar-refractivity contribution in [3.8, 4) is 0 Å². The molecule has 2 heterocycles. The molecule has 0 saturated carbocycles. The number of aromatic nitrogens is 1. The largest absolute Gasteiger partial charge is 0.369 e. The number of fused-ring (bicyclic) bond motifs is 1. The van der Waals surface area contributed by atoms with Crippen molar-refractivity contribution < 1.29 is 0 Å². The van der Waals surface area contributed by atoms with Crippen LogP contribution in [0.3, 0.4) is 0 Å². The summed E-state index contributed by atoms with van der Waals surface area (Å²) in [6.45, 7) is 5.50. The molecule has 92 valence electrons. The molecule has 1 aliphatic rings. The smallest absolute Gasteiger partial charge is 0.129 e. The van der Waals surface area contributed by atoms with Crippen molar-refractivity contribution in [1.82, 2.24) is 4.98 Å². The van der Waals surface area contributed by atoms with Crippen LogP contribution >= 0.6 is 0 Å². The standard InChI is InChI=1S/C15H22N2/c1-3-5-7-12(6-4-2)13-8-10-16-15-14(13)9-11-17-15/h6,8,10H,3-5,7,9,11H2,1-2H3,(H,16,17)/b12-6+. The normalized spacial score (nSPS) is 14.6. The molecule has 17 heavy (non-hydrogen) atoms. The molecule has 0 amide bonds. The molecular formula is C15H22N2. The SMILES string of the molecule is CC/C=C(\CCCC)c1ccnc2c1CCN2. The fourth-order valence-electron chi connectivity index (χ4n) is 2.46. The number of allylic oxidation sites excluding steroid dienone is 2. The fraction of sp³-hybridized carbons (Fsp3) is 0.533. The van der Waals surface area contributed by atoms with E-state index in [1.54, 1.807) is 0 Å². The van der Waals surface area contributed by atoms with Crippen LogP contribution in [-0.2, 0) is 6.42 Å². The summed E-state index contributed by atoms with van der Waals surface area (Å²) in [6, 6.07) is 2.18. The third-order valence-corrected chi connectivity index (χ3v) is 3.32. The third-order valence-electron chi connectivity index (χ3n) is 3.32. The molecule has 0 aliphatic carbocycles. The first-order valence-electron chi connectivity index (χ1n) is 6.78. The first-order chi connectivity index (χ1) is 8.36. The summed E-state index contributed by atoms with van der Waals surface area (Å²) in [6.07, 6.45) is 10.3. The van der Waals surface area contributed by atoms with Crippen LogP contribution in [0, 0.1) is 0 Å². The van der Waals surface area contributed by atoms with Gasteiger partial charge >= 0.3 is 0 Å². The predicted molar refractivity (Wildman–Crippen MR) is 74.2 cm³/mol. The molecule has 0 saturated heterocycles. The number of pyridine rings is 1. The molecule has 0 spiro atoms. The van der Waals surface area contributed by atoms with E-state index in [4.69, 9.17) is 0 Å². The van der Waals surface area contributed by atoms with Gasteiger partial charge in [-0.3, -0.25) is 0 Å². The summed E-state index contributed by atoms with van der Waals surface area (Å²) in [5, 5.41) is 3.36. The van der Waals surface area contributed by atoms with Crippen molar-refractivity contribution >= 4 is 11.4 Å². The summed E-state index contributed by atoms with van der Waals surface area (Å²) in [5.41, 5.74) is 4.36. The molecule has 1 aliphatic heterocycles. The maximum Gasteiger partial charge on any atom is 0.129 e. The van der Waals surface area contributed by atoms with Gasteiger partial charge in [0.05, 0.1) is 0 Å². The zero-order valence-corrected chi connectivity index (χ0v) is 10.9. The molecule has 0 bridgehead atoms.